The standard InChI is InChI=1S/C25H29FN2O4/c1-17-23(27-25(32-17)22-13-20(29-2)9-10-24(22)30-3)15-28-11-5-6-18(14-28)16-31-21-8-4-7-19(26)12-21/h4,7-10,12-13,18H,5-6,11,14-16H2,1-3H3. The Morgan fingerprint density at radius 1 is 1.12 bits per heavy atom. The van der Waals surface area contributed by atoms with Crippen molar-refractivity contribution in [2.45, 2.75) is 26.3 Å². The Hall–Kier alpha value is -3.06. The molecular formula is C25H29FN2O4. The van der Waals surface area contributed by atoms with Crippen LogP contribution < -0.4 is 14.2 Å². The van der Waals surface area contributed by atoms with Crippen LogP contribution in [0.15, 0.2) is 46.9 Å². The molecule has 1 aliphatic heterocycles. The molecule has 1 aliphatic rings. The van der Waals surface area contributed by atoms with Gasteiger partial charge in [-0.2, -0.15) is 0 Å². The van der Waals surface area contributed by atoms with Crippen molar-refractivity contribution < 1.29 is 23.0 Å². The number of likely N-dealkylation sites (tertiary alicyclic amines) is 1. The zero-order valence-corrected chi connectivity index (χ0v) is 18.8. The molecule has 0 radical (unpaired) electrons. The third-order valence-corrected chi connectivity index (χ3v) is 5.79. The van der Waals surface area contributed by atoms with Crippen molar-refractivity contribution >= 4 is 0 Å². The first-order valence-electron chi connectivity index (χ1n) is 10.8. The second-order valence-corrected chi connectivity index (χ2v) is 8.10. The third kappa shape index (κ3) is 5.22. The van der Waals surface area contributed by atoms with E-state index in [0.29, 0.717) is 36.5 Å². The first kappa shape index (κ1) is 22.1. The van der Waals surface area contributed by atoms with Gasteiger partial charge in [0, 0.05) is 25.1 Å². The first-order chi connectivity index (χ1) is 15.6. The maximum Gasteiger partial charge on any atom is 0.230 e. The maximum atomic E-state index is 13.4. The molecule has 2 heterocycles. The van der Waals surface area contributed by atoms with Gasteiger partial charge < -0.3 is 18.6 Å². The molecule has 0 aliphatic carbocycles. The molecule has 0 saturated carbocycles. The average Bonchev–Trinajstić information content (AvgIpc) is 3.17. The lowest BCUT2D eigenvalue weighted by molar-refractivity contribution is 0.123. The molecule has 0 bridgehead atoms. The van der Waals surface area contributed by atoms with Crippen LogP contribution in [0.3, 0.4) is 0 Å². The minimum absolute atomic E-state index is 0.280. The minimum atomic E-state index is -0.280. The van der Waals surface area contributed by atoms with Gasteiger partial charge in [0.05, 0.1) is 32.1 Å². The summed E-state index contributed by atoms with van der Waals surface area (Å²) >= 11 is 0. The third-order valence-electron chi connectivity index (χ3n) is 5.79. The molecule has 2 aromatic carbocycles. The molecule has 170 valence electrons. The van der Waals surface area contributed by atoms with Crippen LogP contribution in [0.5, 0.6) is 17.2 Å². The lowest BCUT2D eigenvalue weighted by atomic mass is 9.99. The van der Waals surface area contributed by atoms with Crippen LogP contribution in [0, 0.1) is 18.7 Å². The van der Waals surface area contributed by atoms with Crippen molar-refractivity contribution in [3.8, 4) is 28.7 Å². The number of nitrogens with zero attached hydrogens (tertiary/aromatic N) is 2. The number of piperidine rings is 1. The van der Waals surface area contributed by atoms with Crippen LogP contribution in [-0.4, -0.2) is 43.8 Å². The van der Waals surface area contributed by atoms with E-state index < -0.39 is 0 Å². The summed E-state index contributed by atoms with van der Waals surface area (Å²) in [6, 6.07) is 11.9. The van der Waals surface area contributed by atoms with Gasteiger partial charge in [0.1, 0.15) is 28.8 Å². The highest BCUT2D eigenvalue weighted by Gasteiger charge is 2.23. The van der Waals surface area contributed by atoms with Crippen molar-refractivity contribution in [1.82, 2.24) is 9.88 Å². The Bertz CT molecular complexity index is 1050. The second kappa shape index (κ2) is 10.0. The maximum absolute atomic E-state index is 13.4. The molecule has 1 aromatic heterocycles. The van der Waals surface area contributed by atoms with E-state index in [-0.39, 0.29) is 5.82 Å². The van der Waals surface area contributed by atoms with E-state index in [2.05, 4.69) is 4.90 Å². The number of benzene rings is 2. The van der Waals surface area contributed by atoms with Gasteiger partial charge in [-0.3, -0.25) is 4.90 Å². The van der Waals surface area contributed by atoms with E-state index in [1.807, 2.05) is 25.1 Å². The molecule has 1 unspecified atom stereocenters. The van der Waals surface area contributed by atoms with Crippen LogP contribution >= 0.6 is 0 Å². The SMILES string of the molecule is COc1ccc(OC)c(-c2nc(CN3CCCC(COc4cccc(F)c4)C3)c(C)o2)c1. The highest BCUT2D eigenvalue weighted by Crippen LogP contribution is 2.34. The fraction of sp³-hybridized carbons (Fsp3) is 0.400. The number of rotatable bonds is 8. The Kier molecular flexibility index (Phi) is 6.95. The Morgan fingerprint density at radius 3 is 2.78 bits per heavy atom. The number of ether oxygens (including phenoxy) is 3. The lowest BCUT2D eigenvalue weighted by Crippen LogP contribution is -2.37. The zero-order valence-electron chi connectivity index (χ0n) is 18.8. The lowest BCUT2D eigenvalue weighted by Gasteiger charge is -2.32. The topological polar surface area (TPSA) is 57.0 Å². The Morgan fingerprint density at radius 2 is 2.00 bits per heavy atom. The summed E-state index contributed by atoms with van der Waals surface area (Å²) in [5.74, 6) is 3.40. The van der Waals surface area contributed by atoms with Crippen LogP contribution in [0.4, 0.5) is 4.39 Å². The van der Waals surface area contributed by atoms with Crippen LogP contribution in [0.1, 0.15) is 24.3 Å². The predicted molar refractivity (Wildman–Crippen MR) is 120 cm³/mol. The summed E-state index contributed by atoms with van der Waals surface area (Å²) in [5.41, 5.74) is 1.68. The monoisotopic (exact) mass is 440 g/mol. The Labute approximate surface area is 187 Å². The van der Waals surface area contributed by atoms with Crippen molar-refractivity contribution in [1.29, 1.82) is 0 Å². The molecule has 4 rings (SSSR count). The minimum Gasteiger partial charge on any atom is -0.497 e. The number of methoxy groups -OCH3 is 2. The van der Waals surface area contributed by atoms with E-state index in [4.69, 9.17) is 23.6 Å². The summed E-state index contributed by atoms with van der Waals surface area (Å²) in [4.78, 5) is 7.15. The molecule has 32 heavy (non-hydrogen) atoms. The van der Waals surface area contributed by atoms with Crippen LogP contribution in [0.2, 0.25) is 0 Å². The van der Waals surface area contributed by atoms with E-state index in [0.717, 1.165) is 48.7 Å². The number of aryl methyl sites for hydroxylation is 1. The molecule has 0 N–H and O–H groups in total. The molecular weight excluding hydrogens is 411 g/mol. The van der Waals surface area contributed by atoms with E-state index in [9.17, 15) is 4.39 Å². The normalized spacial score (nSPS) is 16.7. The quantitative estimate of drug-likeness (QED) is 0.486. The summed E-state index contributed by atoms with van der Waals surface area (Å²) in [7, 11) is 3.25. The van der Waals surface area contributed by atoms with Crippen molar-refractivity contribution in [2.75, 3.05) is 33.9 Å². The summed E-state index contributed by atoms with van der Waals surface area (Å²) in [5, 5.41) is 0. The van der Waals surface area contributed by atoms with Gasteiger partial charge in [0.25, 0.3) is 0 Å². The van der Waals surface area contributed by atoms with Gasteiger partial charge in [-0.15, -0.1) is 0 Å². The number of oxazole rings is 1. The predicted octanol–water partition coefficient (Wildman–Crippen LogP) is 5.10. The zero-order chi connectivity index (χ0) is 22.5. The fourth-order valence-electron chi connectivity index (χ4n) is 4.08. The van der Waals surface area contributed by atoms with Crippen molar-refractivity contribution in [3.63, 3.8) is 0 Å². The molecule has 0 spiro atoms. The van der Waals surface area contributed by atoms with E-state index in [1.165, 1.54) is 12.1 Å². The van der Waals surface area contributed by atoms with Gasteiger partial charge >= 0.3 is 0 Å². The van der Waals surface area contributed by atoms with Gasteiger partial charge in [-0.1, -0.05) is 6.07 Å². The number of hydrogen-bond donors (Lipinski definition) is 0. The van der Waals surface area contributed by atoms with E-state index in [1.54, 1.807) is 26.4 Å². The molecule has 1 atom stereocenters. The number of halogens is 1. The molecule has 1 fully saturated rings. The molecule has 6 nitrogen and oxygen atoms in total. The van der Waals surface area contributed by atoms with Gasteiger partial charge in [-0.25, -0.2) is 9.37 Å². The average molecular weight is 441 g/mol. The summed E-state index contributed by atoms with van der Waals surface area (Å²) in [6.45, 7) is 5.12. The number of aromatic nitrogens is 1. The largest absolute Gasteiger partial charge is 0.497 e. The smallest absolute Gasteiger partial charge is 0.230 e. The first-order valence-corrected chi connectivity index (χ1v) is 10.8. The number of hydrogen-bond acceptors (Lipinski definition) is 6. The van der Waals surface area contributed by atoms with E-state index >= 15 is 0 Å². The highest BCUT2D eigenvalue weighted by atomic mass is 19.1. The molecule has 0 amide bonds. The van der Waals surface area contributed by atoms with Crippen molar-refractivity contribution in [3.05, 3.63) is 59.7 Å². The van der Waals surface area contributed by atoms with Gasteiger partial charge in [0.15, 0.2) is 0 Å². The van der Waals surface area contributed by atoms with Crippen LogP contribution in [0.25, 0.3) is 11.5 Å². The van der Waals surface area contributed by atoms with Gasteiger partial charge in [-0.05, 0) is 56.6 Å². The molecule has 3 aromatic rings. The summed E-state index contributed by atoms with van der Waals surface area (Å²) in [6.07, 6.45) is 2.18. The Balaban J connectivity index is 1.41. The molecule has 1 saturated heterocycles. The summed E-state index contributed by atoms with van der Waals surface area (Å²) < 4.78 is 36.0. The second-order valence-electron chi connectivity index (χ2n) is 8.10. The van der Waals surface area contributed by atoms with Crippen LogP contribution in [-0.2, 0) is 6.54 Å². The highest BCUT2D eigenvalue weighted by molar-refractivity contribution is 5.65. The van der Waals surface area contributed by atoms with Crippen molar-refractivity contribution in [2.24, 2.45) is 5.92 Å². The fourth-order valence-corrected chi connectivity index (χ4v) is 4.08. The van der Waals surface area contributed by atoms with Gasteiger partial charge in [0.2, 0.25) is 5.89 Å². The molecule has 7 heteroatoms.